The van der Waals surface area contributed by atoms with Gasteiger partial charge in [0.1, 0.15) is 11.7 Å². The van der Waals surface area contributed by atoms with Gasteiger partial charge in [0.15, 0.2) is 0 Å². The Labute approximate surface area is 161 Å². The van der Waals surface area contributed by atoms with E-state index in [2.05, 4.69) is 15.6 Å². The maximum atomic E-state index is 12.3. The van der Waals surface area contributed by atoms with Crippen LogP contribution in [0.3, 0.4) is 0 Å². The molecule has 0 radical (unpaired) electrons. The lowest BCUT2D eigenvalue weighted by Gasteiger charge is -2.16. The number of carbonyl (C=O) groups is 2. The highest BCUT2D eigenvalue weighted by Crippen LogP contribution is 2.29. The standard InChI is InChI=1S/C19H22N4O5/c1-3-6-16(19(25)26)22-18(24)13-8-9-15(17(11-13)23(27)28)21-12(2)14-7-4-5-10-20-14/h4-5,7-12,16,21H,3,6H2,1-2H3,(H,22,24)(H,25,26). The molecule has 0 saturated heterocycles. The number of amides is 1. The van der Waals surface area contributed by atoms with Crippen molar-refractivity contribution in [2.45, 2.75) is 38.8 Å². The van der Waals surface area contributed by atoms with Gasteiger partial charge in [-0.3, -0.25) is 19.9 Å². The van der Waals surface area contributed by atoms with Gasteiger partial charge in [0.25, 0.3) is 11.6 Å². The second kappa shape index (κ2) is 9.45. The summed E-state index contributed by atoms with van der Waals surface area (Å²) in [4.78, 5) is 38.6. The monoisotopic (exact) mass is 386 g/mol. The molecule has 0 aliphatic carbocycles. The molecule has 0 saturated carbocycles. The summed E-state index contributed by atoms with van der Waals surface area (Å²) >= 11 is 0. The van der Waals surface area contributed by atoms with Crippen molar-refractivity contribution in [3.8, 4) is 0 Å². The molecule has 1 aromatic heterocycles. The quantitative estimate of drug-likeness (QED) is 0.445. The zero-order chi connectivity index (χ0) is 20.7. The Kier molecular flexibility index (Phi) is 7.02. The molecule has 1 amide bonds. The molecule has 0 aliphatic rings. The van der Waals surface area contributed by atoms with Gasteiger partial charge in [0.05, 0.1) is 16.7 Å². The van der Waals surface area contributed by atoms with E-state index >= 15 is 0 Å². The fraction of sp³-hybridized carbons (Fsp3) is 0.316. The van der Waals surface area contributed by atoms with E-state index in [0.717, 1.165) is 6.07 Å². The molecule has 2 aromatic rings. The van der Waals surface area contributed by atoms with E-state index in [-0.39, 0.29) is 29.4 Å². The number of nitro groups is 1. The summed E-state index contributed by atoms with van der Waals surface area (Å²) in [6, 6.07) is 8.03. The number of benzene rings is 1. The van der Waals surface area contributed by atoms with Crippen molar-refractivity contribution < 1.29 is 19.6 Å². The maximum absolute atomic E-state index is 12.3. The molecule has 28 heavy (non-hydrogen) atoms. The zero-order valence-corrected chi connectivity index (χ0v) is 15.6. The van der Waals surface area contributed by atoms with E-state index in [9.17, 15) is 19.7 Å². The predicted molar refractivity (Wildman–Crippen MR) is 103 cm³/mol. The van der Waals surface area contributed by atoms with E-state index in [1.807, 2.05) is 13.0 Å². The van der Waals surface area contributed by atoms with Crippen molar-refractivity contribution in [3.63, 3.8) is 0 Å². The van der Waals surface area contributed by atoms with Gasteiger partial charge < -0.3 is 15.7 Å². The van der Waals surface area contributed by atoms with Gasteiger partial charge in [-0.25, -0.2) is 4.79 Å². The third-order valence-electron chi connectivity index (χ3n) is 4.14. The molecule has 0 spiro atoms. The number of pyridine rings is 1. The van der Waals surface area contributed by atoms with Gasteiger partial charge in [0, 0.05) is 17.8 Å². The van der Waals surface area contributed by atoms with Crippen molar-refractivity contribution in [2.75, 3.05) is 5.32 Å². The average molecular weight is 386 g/mol. The lowest BCUT2D eigenvalue weighted by Crippen LogP contribution is -2.40. The predicted octanol–water partition coefficient (Wildman–Crippen LogP) is 3.15. The highest BCUT2D eigenvalue weighted by molar-refractivity contribution is 5.97. The van der Waals surface area contributed by atoms with Gasteiger partial charge in [-0.05, 0) is 37.6 Å². The summed E-state index contributed by atoms with van der Waals surface area (Å²) in [6.45, 7) is 3.62. The largest absolute Gasteiger partial charge is 0.480 e. The maximum Gasteiger partial charge on any atom is 0.326 e. The minimum absolute atomic E-state index is 0.0186. The lowest BCUT2D eigenvalue weighted by atomic mass is 10.1. The van der Waals surface area contributed by atoms with Crippen LogP contribution in [0.25, 0.3) is 0 Å². The number of hydrogen-bond donors (Lipinski definition) is 3. The molecule has 0 fully saturated rings. The second-order valence-electron chi connectivity index (χ2n) is 6.26. The zero-order valence-electron chi connectivity index (χ0n) is 15.6. The number of aromatic nitrogens is 1. The molecular weight excluding hydrogens is 364 g/mol. The topological polar surface area (TPSA) is 134 Å². The average Bonchev–Trinajstić information content (AvgIpc) is 2.68. The minimum Gasteiger partial charge on any atom is -0.480 e. The van der Waals surface area contributed by atoms with Crippen LogP contribution in [-0.4, -0.2) is 32.9 Å². The fourth-order valence-electron chi connectivity index (χ4n) is 2.67. The Morgan fingerprint density at radius 3 is 2.61 bits per heavy atom. The first-order valence-corrected chi connectivity index (χ1v) is 8.83. The summed E-state index contributed by atoms with van der Waals surface area (Å²) in [6.07, 6.45) is 2.47. The summed E-state index contributed by atoms with van der Waals surface area (Å²) in [5.41, 5.74) is 0.688. The van der Waals surface area contributed by atoms with Crippen LogP contribution in [-0.2, 0) is 4.79 Å². The van der Waals surface area contributed by atoms with E-state index in [4.69, 9.17) is 5.11 Å². The normalized spacial score (nSPS) is 12.6. The smallest absolute Gasteiger partial charge is 0.326 e. The Balaban J connectivity index is 2.23. The van der Waals surface area contributed by atoms with Crippen molar-refractivity contribution in [3.05, 3.63) is 64.0 Å². The van der Waals surface area contributed by atoms with Crippen LogP contribution >= 0.6 is 0 Å². The van der Waals surface area contributed by atoms with Crippen LogP contribution in [0.1, 0.15) is 48.8 Å². The van der Waals surface area contributed by atoms with E-state index in [1.54, 1.807) is 25.3 Å². The molecular formula is C19H22N4O5. The van der Waals surface area contributed by atoms with Crippen LogP contribution in [0.2, 0.25) is 0 Å². The fourth-order valence-corrected chi connectivity index (χ4v) is 2.67. The summed E-state index contributed by atoms with van der Waals surface area (Å²) in [7, 11) is 0. The molecule has 3 N–H and O–H groups in total. The van der Waals surface area contributed by atoms with E-state index in [0.29, 0.717) is 12.1 Å². The molecule has 1 heterocycles. The molecule has 0 bridgehead atoms. The third kappa shape index (κ3) is 5.26. The van der Waals surface area contributed by atoms with Crippen LogP contribution in [0.4, 0.5) is 11.4 Å². The molecule has 9 heteroatoms. The first-order valence-electron chi connectivity index (χ1n) is 8.83. The SMILES string of the molecule is CCCC(NC(=O)c1ccc(NC(C)c2ccccn2)c([N+](=O)[O-])c1)C(=O)O. The van der Waals surface area contributed by atoms with Crippen molar-refractivity contribution in [1.29, 1.82) is 0 Å². The second-order valence-corrected chi connectivity index (χ2v) is 6.26. The van der Waals surface area contributed by atoms with Crippen molar-refractivity contribution in [1.82, 2.24) is 10.3 Å². The molecule has 2 unspecified atom stereocenters. The first kappa shape index (κ1) is 20.8. The van der Waals surface area contributed by atoms with Gasteiger partial charge in [-0.15, -0.1) is 0 Å². The molecule has 2 rings (SSSR count). The molecule has 2 atom stereocenters. The van der Waals surface area contributed by atoms with Crippen molar-refractivity contribution >= 4 is 23.3 Å². The highest BCUT2D eigenvalue weighted by atomic mass is 16.6. The number of nitrogens with one attached hydrogen (secondary N) is 2. The third-order valence-corrected chi connectivity index (χ3v) is 4.14. The van der Waals surface area contributed by atoms with Crippen LogP contribution < -0.4 is 10.6 Å². The lowest BCUT2D eigenvalue weighted by molar-refractivity contribution is -0.384. The van der Waals surface area contributed by atoms with Gasteiger partial charge in [-0.2, -0.15) is 0 Å². The number of aliphatic carboxylic acids is 1. The number of nitrogens with zero attached hydrogens (tertiary/aromatic N) is 2. The van der Waals surface area contributed by atoms with E-state index < -0.39 is 22.8 Å². The van der Waals surface area contributed by atoms with Crippen LogP contribution in [0.5, 0.6) is 0 Å². The number of carbonyl (C=O) groups excluding carboxylic acids is 1. The van der Waals surface area contributed by atoms with Crippen molar-refractivity contribution in [2.24, 2.45) is 0 Å². The van der Waals surface area contributed by atoms with Crippen LogP contribution in [0, 0.1) is 10.1 Å². The Hall–Kier alpha value is -3.49. The highest BCUT2D eigenvalue weighted by Gasteiger charge is 2.23. The summed E-state index contributed by atoms with van der Waals surface area (Å²) in [5.74, 6) is -1.82. The number of rotatable bonds is 9. The molecule has 0 aliphatic heterocycles. The molecule has 148 valence electrons. The number of nitro benzene ring substituents is 1. The Morgan fingerprint density at radius 1 is 1.29 bits per heavy atom. The number of anilines is 1. The van der Waals surface area contributed by atoms with Gasteiger partial charge in [-0.1, -0.05) is 19.4 Å². The molecule has 9 nitrogen and oxygen atoms in total. The Morgan fingerprint density at radius 2 is 2.04 bits per heavy atom. The molecule has 1 aromatic carbocycles. The van der Waals surface area contributed by atoms with Gasteiger partial charge in [0.2, 0.25) is 0 Å². The number of carboxylic acid groups (broad SMARTS) is 1. The Bertz CT molecular complexity index is 857. The summed E-state index contributed by atoms with van der Waals surface area (Å²) < 4.78 is 0. The van der Waals surface area contributed by atoms with E-state index in [1.165, 1.54) is 12.1 Å². The van der Waals surface area contributed by atoms with Crippen LogP contribution in [0.15, 0.2) is 42.6 Å². The first-order chi connectivity index (χ1) is 13.3. The van der Waals surface area contributed by atoms with Gasteiger partial charge >= 0.3 is 5.97 Å². The minimum atomic E-state index is -1.15. The number of carboxylic acids is 1. The number of hydrogen-bond acceptors (Lipinski definition) is 6. The summed E-state index contributed by atoms with van der Waals surface area (Å²) in [5, 5.41) is 26.0.